The van der Waals surface area contributed by atoms with Gasteiger partial charge in [0.25, 0.3) is 0 Å². The number of rotatable bonds is 4. The minimum absolute atomic E-state index is 0.102. The van der Waals surface area contributed by atoms with Gasteiger partial charge < -0.3 is 15.4 Å². The average molecular weight is 436 g/mol. The van der Waals surface area contributed by atoms with Crippen LogP contribution in [0.1, 0.15) is 36.3 Å². The fourth-order valence-corrected chi connectivity index (χ4v) is 4.93. The molecular formula is C28H25N3O2. The lowest BCUT2D eigenvalue weighted by Crippen LogP contribution is -2.36. The van der Waals surface area contributed by atoms with E-state index in [0.29, 0.717) is 30.0 Å². The number of nitrogens with two attached hydrogens (primary N) is 1. The molecule has 5 rings (SSSR count). The number of benzene rings is 3. The van der Waals surface area contributed by atoms with Gasteiger partial charge in [-0.3, -0.25) is 4.79 Å². The zero-order valence-corrected chi connectivity index (χ0v) is 18.5. The van der Waals surface area contributed by atoms with E-state index in [9.17, 15) is 10.1 Å². The summed E-state index contributed by atoms with van der Waals surface area (Å²) in [4.78, 5) is 14.7. The molecule has 0 unspecified atom stereocenters. The first-order chi connectivity index (χ1) is 16.1. The molecule has 164 valence electrons. The molecule has 5 nitrogen and oxygen atoms in total. The molecular weight excluding hydrogens is 410 g/mol. The SMILES string of the molecule is CN1C(N)=C(C#N)[C@@H](c2ccc(OCc3cccc4ccccc34)cc2)C2=C1CCCC2=O. The summed E-state index contributed by atoms with van der Waals surface area (Å²) in [5.41, 5.74) is 10.4. The molecule has 0 radical (unpaired) electrons. The fourth-order valence-electron chi connectivity index (χ4n) is 4.93. The molecule has 3 aromatic carbocycles. The summed E-state index contributed by atoms with van der Waals surface area (Å²) in [6.07, 6.45) is 2.11. The van der Waals surface area contributed by atoms with Crippen LogP contribution in [0.4, 0.5) is 0 Å². The van der Waals surface area contributed by atoms with Crippen LogP contribution in [0, 0.1) is 11.3 Å². The predicted molar refractivity (Wildman–Crippen MR) is 128 cm³/mol. The third kappa shape index (κ3) is 3.64. The number of Topliss-reactive ketones (excluding diaryl/α,β-unsaturated/α-hetero) is 1. The zero-order chi connectivity index (χ0) is 22.9. The normalized spacial score (nSPS) is 18.4. The fraction of sp³-hybridized carbons (Fsp3) is 0.214. The Labute approximate surface area is 193 Å². The number of fused-ring (bicyclic) bond motifs is 1. The van der Waals surface area contributed by atoms with Crippen molar-refractivity contribution >= 4 is 16.6 Å². The number of carbonyl (C=O) groups is 1. The van der Waals surface area contributed by atoms with Crippen molar-refractivity contribution < 1.29 is 9.53 Å². The van der Waals surface area contributed by atoms with Crippen molar-refractivity contribution in [2.24, 2.45) is 5.73 Å². The molecule has 0 spiro atoms. The average Bonchev–Trinajstić information content (AvgIpc) is 2.85. The summed E-state index contributed by atoms with van der Waals surface area (Å²) in [6.45, 7) is 0.457. The molecule has 2 N–H and O–H groups in total. The number of ketones is 1. The third-order valence-electron chi connectivity index (χ3n) is 6.66. The number of allylic oxidation sites excluding steroid dienone is 3. The van der Waals surface area contributed by atoms with E-state index in [1.54, 1.807) is 0 Å². The maximum Gasteiger partial charge on any atom is 0.161 e. The van der Waals surface area contributed by atoms with Gasteiger partial charge in [-0.1, -0.05) is 54.6 Å². The summed E-state index contributed by atoms with van der Waals surface area (Å²) >= 11 is 0. The topological polar surface area (TPSA) is 79.3 Å². The van der Waals surface area contributed by atoms with Crippen LogP contribution in [0.25, 0.3) is 10.8 Å². The lowest BCUT2D eigenvalue weighted by Gasteiger charge is -2.37. The summed E-state index contributed by atoms with van der Waals surface area (Å²) < 4.78 is 6.07. The first-order valence-electron chi connectivity index (χ1n) is 11.2. The standard InChI is InChI=1S/C28H25N3O2/c1-31-24-10-5-11-25(32)27(24)26(23(16-29)28(31)30)19-12-14-21(15-13-19)33-17-20-8-4-7-18-6-2-3-9-22(18)20/h2-4,6-9,12-15,26H,5,10-11,17,30H2,1H3/t26-/m1/s1. The highest BCUT2D eigenvalue weighted by molar-refractivity contribution is 5.99. The second kappa shape index (κ2) is 8.48. The van der Waals surface area contributed by atoms with Crippen LogP contribution < -0.4 is 10.5 Å². The Kier molecular flexibility index (Phi) is 5.35. The van der Waals surface area contributed by atoms with Crippen molar-refractivity contribution in [2.75, 3.05) is 7.05 Å². The van der Waals surface area contributed by atoms with E-state index >= 15 is 0 Å². The van der Waals surface area contributed by atoms with Crippen molar-refractivity contribution in [3.63, 3.8) is 0 Å². The first-order valence-corrected chi connectivity index (χ1v) is 11.2. The van der Waals surface area contributed by atoms with Crippen molar-refractivity contribution in [1.82, 2.24) is 4.90 Å². The van der Waals surface area contributed by atoms with Gasteiger partial charge in [-0.15, -0.1) is 0 Å². The monoisotopic (exact) mass is 435 g/mol. The van der Waals surface area contributed by atoms with Gasteiger partial charge in [-0.25, -0.2) is 0 Å². The van der Waals surface area contributed by atoms with Crippen LogP contribution in [0.15, 0.2) is 89.4 Å². The summed E-state index contributed by atoms with van der Waals surface area (Å²) in [6, 6.07) is 24.4. The van der Waals surface area contributed by atoms with E-state index in [1.165, 1.54) is 10.8 Å². The molecule has 1 aliphatic carbocycles. The van der Waals surface area contributed by atoms with Gasteiger partial charge in [0.15, 0.2) is 5.78 Å². The molecule has 5 heteroatoms. The highest BCUT2D eigenvalue weighted by Crippen LogP contribution is 2.44. The highest BCUT2D eigenvalue weighted by atomic mass is 16.5. The Balaban J connectivity index is 1.43. The maximum absolute atomic E-state index is 12.9. The Hall–Kier alpha value is -4.04. The molecule has 1 heterocycles. The molecule has 0 aromatic heterocycles. The summed E-state index contributed by atoms with van der Waals surface area (Å²) in [5, 5.41) is 12.2. The molecule has 0 amide bonds. The number of nitriles is 1. The molecule has 33 heavy (non-hydrogen) atoms. The number of carbonyl (C=O) groups excluding carboxylic acids is 1. The van der Waals surface area contributed by atoms with Crippen molar-refractivity contribution in [3.05, 3.63) is 101 Å². The molecule has 3 aromatic rings. The van der Waals surface area contributed by atoms with Gasteiger partial charge in [-0.05, 0) is 46.9 Å². The van der Waals surface area contributed by atoms with Crippen LogP contribution >= 0.6 is 0 Å². The highest BCUT2D eigenvalue weighted by Gasteiger charge is 2.38. The minimum Gasteiger partial charge on any atom is -0.489 e. The molecule has 0 bridgehead atoms. The minimum atomic E-state index is -0.430. The van der Waals surface area contributed by atoms with Gasteiger partial charge in [0.2, 0.25) is 0 Å². The second-order valence-electron chi connectivity index (χ2n) is 8.54. The van der Waals surface area contributed by atoms with Gasteiger partial charge >= 0.3 is 0 Å². The Morgan fingerprint density at radius 3 is 2.61 bits per heavy atom. The van der Waals surface area contributed by atoms with Gasteiger partial charge in [0.1, 0.15) is 18.2 Å². The second-order valence-corrected chi connectivity index (χ2v) is 8.54. The van der Waals surface area contributed by atoms with E-state index in [-0.39, 0.29) is 5.78 Å². The Morgan fingerprint density at radius 2 is 1.82 bits per heavy atom. The van der Waals surface area contributed by atoms with E-state index in [4.69, 9.17) is 10.5 Å². The van der Waals surface area contributed by atoms with E-state index in [0.717, 1.165) is 35.4 Å². The van der Waals surface area contributed by atoms with Gasteiger partial charge in [0, 0.05) is 24.7 Å². The number of ether oxygens (including phenoxy) is 1. The lowest BCUT2D eigenvalue weighted by atomic mass is 9.76. The van der Waals surface area contributed by atoms with Crippen LogP contribution in [0.3, 0.4) is 0 Å². The summed E-state index contributed by atoms with van der Waals surface area (Å²) in [7, 11) is 1.83. The van der Waals surface area contributed by atoms with E-state index in [1.807, 2.05) is 54.4 Å². The van der Waals surface area contributed by atoms with Gasteiger partial charge in [-0.2, -0.15) is 5.26 Å². The third-order valence-corrected chi connectivity index (χ3v) is 6.66. The molecule has 0 saturated heterocycles. The van der Waals surface area contributed by atoms with E-state index < -0.39 is 5.92 Å². The van der Waals surface area contributed by atoms with Crippen LogP contribution in [-0.4, -0.2) is 17.7 Å². The quantitative estimate of drug-likeness (QED) is 0.613. The predicted octanol–water partition coefficient (Wildman–Crippen LogP) is 5.15. The molecule has 0 saturated carbocycles. The number of hydrogen-bond donors (Lipinski definition) is 1. The molecule has 2 aliphatic rings. The smallest absolute Gasteiger partial charge is 0.161 e. The first kappa shape index (κ1) is 20.8. The van der Waals surface area contributed by atoms with Crippen LogP contribution in [0.2, 0.25) is 0 Å². The molecule has 1 atom stereocenters. The molecule has 1 aliphatic heterocycles. The van der Waals surface area contributed by atoms with E-state index in [2.05, 4.69) is 30.3 Å². The zero-order valence-electron chi connectivity index (χ0n) is 18.5. The Bertz CT molecular complexity index is 1340. The summed E-state index contributed by atoms with van der Waals surface area (Å²) in [5.74, 6) is 0.831. The van der Waals surface area contributed by atoms with Crippen LogP contribution in [0.5, 0.6) is 5.75 Å². The molecule has 0 fully saturated rings. The van der Waals surface area contributed by atoms with Gasteiger partial charge in [0.05, 0.1) is 17.6 Å². The number of nitrogens with zero attached hydrogens (tertiary/aromatic N) is 2. The largest absolute Gasteiger partial charge is 0.489 e. The van der Waals surface area contributed by atoms with Crippen molar-refractivity contribution in [2.45, 2.75) is 31.8 Å². The lowest BCUT2D eigenvalue weighted by molar-refractivity contribution is -0.116. The van der Waals surface area contributed by atoms with Crippen molar-refractivity contribution in [1.29, 1.82) is 5.26 Å². The number of hydrogen-bond acceptors (Lipinski definition) is 5. The van der Waals surface area contributed by atoms with Crippen LogP contribution in [-0.2, 0) is 11.4 Å². The maximum atomic E-state index is 12.9. The Morgan fingerprint density at radius 1 is 1.06 bits per heavy atom. The van der Waals surface area contributed by atoms with Crippen molar-refractivity contribution in [3.8, 4) is 11.8 Å².